The van der Waals surface area contributed by atoms with Crippen LogP contribution in [0.15, 0.2) is 0 Å². The number of nitrogens with zero attached hydrogens (tertiary/aromatic N) is 4. The Morgan fingerprint density at radius 1 is 1.26 bits per heavy atom. The second-order valence-corrected chi connectivity index (χ2v) is 6.02. The van der Waals surface area contributed by atoms with Gasteiger partial charge in [0.25, 0.3) is 5.91 Å². The Balaban J connectivity index is 1.76. The van der Waals surface area contributed by atoms with Gasteiger partial charge in [0, 0.05) is 19.1 Å². The van der Waals surface area contributed by atoms with Crippen LogP contribution in [-0.4, -0.2) is 64.3 Å². The molecule has 1 amide bonds. The second kappa shape index (κ2) is 4.59. The van der Waals surface area contributed by atoms with Crippen LogP contribution in [0.3, 0.4) is 0 Å². The van der Waals surface area contributed by atoms with E-state index in [2.05, 4.69) is 34.4 Å². The Morgan fingerprint density at radius 2 is 1.89 bits per heavy atom. The summed E-state index contributed by atoms with van der Waals surface area (Å²) in [6.07, 6.45) is 2.46. The average molecular weight is 263 g/mol. The summed E-state index contributed by atoms with van der Waals surface area (Å²) in [4.78, 5) is 16.8. The third kappa shape index (κ3) is 2.04. The van der Waals surface area contributed by atoms with Crippen LogP contribution in [0.4, 0.5) is 0 Å². The van der Waals surface area contributed by atoms with E-state index in [4.69, 9.17) is 0 Å². The number of aromatic nitrogens is 3. The number of aromatic amines is 1. The highest BCUT2D eigenvalue weighted by molar-refractivity contribution is 5.93. The summed E-state index contributed by atoms with van der Waals surface area (Å²) in [5.74, 6) is 1.23. The minimum atomic E-state index is 0.0281. The Labute approximate surface area is 113 Å². The van der Waals surface area contributed by atoms with Crippen molar-refractivity contribution in [2.24, 2.45) is 11.8 Å². The zero-order chi connectivity index (χ0) is 13.6. The van der Waals surface area contributed by atoms with Crippen LogP contribution in [0.5, 0.6) is 0 Å². The molecule has 1 unspecified atom stereocenters. The molecular formula is C13H21N5O. The van der Waals surface area contributed by atoms with E-state index in [1.807, 2.05) is 11.8 Å². The van der Waals surface area contributed by atoms with Crippen LogP contribution in [-0.2, 0) is 0 Å². The van der Waals surface area contributed by atoms with Gasteiger partial charge in [-0.05, 0) is 45.7 Å². The number of likely N-dealkylation sites (tertiary alicyclic amines) is 1. The first-order valence-electron chi connectivity index (χ1n) is 6.91. The van der Waals surface area contributed by atoms with Gasteiger partial charge in [0.15, 0.2) is 5.69 Å². The number of H-pyrrole nitrogens is 1. The largest absolute Gasteiger partial charge is 0.337 e. The summed E-state index contributed by atoms with van der Waals surface area (Å²) in [6, 6.07) is 0.627. The van der Waals surface area contributed by atoms with E-state index in [0.29, 0.717) is 29.3 Å². The fourth-order valence-electron chi connectivity index (χ4n) is 3.84. The molecule has 1 saturated heterocycles. The van der Waals surface area contributed by atoms with Gasteiger partial charge in [-0.25, -0.2) is 0 Å². The van der Waals surface area contributed by atoms with Gasteiger partial charge in [0.2, 0.25) is 0 Å². The number of piperidine rings is 1. The molecule has 1 saturated carbocycles. The van der Waals surface area contributed by atoms with Gasteiger partial charge in [-0.15, -0.1) is 0 Å². The lowest BCUT2D eigenvalue weighted by molar-refractivity contribution is 0.0482. The highest BCUT2D eigenvalue weighted by Crippen LogP contribution is 2.39. The standard InChI is InChI=1S/C13H21N5O/c1-8-11(15-16-14-8)13(19)18-6-9-4-5-10(7-18)12(9)17(2)3/h9-10,12H,4-7H2,1-3H3,(H,14,15,16)/t9-,10+,12?. The highest BCUT2D eigenvalue weighted by atomic mass is 16.2. The van der Waals surface area contributed by atoms with E-state index in [9.17, 15) is 4.79 Å². The van der Waals surface area contributed by atoms with Gasteiger partial charge < -0.3 is 9.80 Å². The lowest BCUT2D eigenvalue weighted by Gasteiger charge is -2.40. The van der Waals surface area contributed by atoms with Crippen molar-refractivity contribution >= 4 is 5.91 Å². The van der Waals surface area contributed by atoms with Crippen molar-refractivity contribution in [1.82, 2.24) is 25.2 Å². The molecule has 0 aromatic carbocycles. The number of hydrogen-bond acceptors (Lipinski definition) is 4. The minimum Gasteiger partial charge on any atom is -0.337 e. The number of nitrogens with one attached hydrogen (secondary N) is 1. The van der Waals surface area contributed by atoms with Gasteiger partial charge in [0.1, 0.15) is 0 Å². The lowest BCUT2D eigenvalue weighted by Crippen LogP contribution is -2.52. The fraction of sp³-hybridized carbons (Fsp3) is 0.769. The highest BCUT2D eigenvalue weighted by Gasteiger charge is 2.44. The molecule has 2 heterocycles. The number of amides is 1. The third-order valence-electron chi connectivity index (χ3n) is 4.59. The van der Waals surface area contributed by atoms with Gasteiger partial charge in [-0.2, -0.15) is 15.4 Å². The van der Waals surface area contributed by atoms with E-state index in [0.717, 1.165) is 13.1 Å². The van der Waals surface area contributed by atoms with Crippen molar-refractivity contribution in [2.75, 3.05) is 27.2 Å². The molecule has 0 radical (unpaired) electrons. The van der Waals surface area contributed by atoms with Crippen LogP contribution in [0.25, 0.3) is 0 Å². The van der Waals surface area contributed by atoms with E-state index in [1.54, 1.807) is 0 Å². The molecule has 2 fully saturated rings. The molecule has 3 rings (SSSR count). The number of carbonyl (C=O) groups excluding carboxylic acids is 1. The van der Waals surface area contributed by atoms with Crippen LogP contribution in [0, 0.1) is 18.8 Å². The molecule has 2 bridgehead atoms. The van der Waals surface area contributed by atoms with Gasteiger partial charge in [-0.3, -0.25) is 4.79 Å². The number of aryl methyl sites for hydroxylation is 1. The maximum atomic E-state index is 12.5. The molecule has 1 aromatic heterocycles. The summed E-state index contributed by atoms with van der Waals surface area (Å²) >= 11 is 0. The Hall–Kier alpha value is -1.43. The summed E-state index contributed by atoms with van der Waals surface area (Å²) in [6.45, 7) is 3.52. The number of rotatable bonds is 2. The second-order valence-electron chi connectivity index (χ2n) is 6.02. The van der Waals surface area contributed by atoms with Crippen LogP contribution in [0.2, 0.25) is 0 Å². The Bertz CT molecular complexity index is 469. The van der Waals surface area contributed by atoms with E-state index < -0.39 is 0 Å². The minimum absolute atomic E-state index is 0.0281. The zero-order valence-electron chi connectivity index (χ0n) is 11.8. The summed E-state index contributed by atoms with van der Waals surface area (Å²) < 4.78 is 0. The average Bonchev–Trinajstić information content (AvgIpc) is 2.90. The molecule has 1 aliphatic heterocycles. The number of fused-ring (bicyclic) bond motifs is 2. The molecule has 6 heteroatoms. The SMILES string of the molecule is Cc1n[nH]nc1C(=O)N1C[C@H]2CC[C@@H](C1)C2N(C)C. The molecule has 1 aliphatic carbocycles. The van der Waals surface area contributed by atoms with E-state index in [-0.39, 0.29) is 5.91 Å². The summed E-state index contributed by atoms with van der Waals surface area (Å²) in [5.41, 5.74) is 1.16. The molecule has 0 spiro atoms. The number of hydrogen-bond donors (Lipinski definition) is 1. The van der Waals surface area contributed by atoms with Gasteiger partial charge >= 0.3 is 0 Å². The molecule has 104 valence electrons. The molecule has 1 N–H and O–H groups in total. The normalized spacial score (nSPS) is 30.1. The summed E-state index contributed by atoms with van der Waals surface area (Å²) in [5, 5.41) is 10.4. The first kappa shape index (κ1) is 12.6. The Morgan fingerprint density at radius 3 is 2.37 bits per heavy atom. The maximum absolute atomic E-state index is 12.5. The molecule has 6 nitrogen and oxygen atoms in total. The fourth-order valence-corrected chi connectivity index (χ4v) is 3.84. The lowest BCUT2D eigenvalue weighted by atomic mass is 9.91. The monoisotopic (exact) mass is 263 g/mol. The molecule has 19 heavy (non-hydrogen) atoms. The van der Waals surface area contributed by atoms with Crippen LogP contribution in [0.1, 0.15) is 29.0 Å². The van der Waals surface area contributed by atoms with Gasteiger partial charge in [-0.1, -0.05) is 0 Å². The van der Waals surface area contributed by atoms with Crippen LogP contribution < -0.4 is 0 Å². The molecular weight excluding hydrogens is 242 g/mol. The third-order valence-corrected chi connectivity index (χ3v) is 4.59. The van der Waals surface area contributed by atoms with Crippen molar-refractivity contribution in [3.63, 3.8) is 0 Å². The predicted molar refractivity (Wildman–Crippen MR) is 70.7 cm³/mol. The predicted octanol–water partition coefficient (Wildman–Crippen LogP) is 0.525. The van der Waals surface area contributed by atoms with Gasteiger partial charge in [0.05, 0.1) is 5.69 Å². The zero-order valence-corrected chi connectivity index (χ0v) is 11.8. The van der Waals surface area contributed by atoms with Crippen molar-refractivity contribution in [2.45, 2.75) is 25.8 Å². The van der Waals surface area contributed by atoms with E-state index >= 15 is 0 Å². The van der Waals surface area contributed by atoms with Crippen molar-refractivity contribution in [3.05, 3.63) is 11.4 Å². The van der Waals surface area contributed by atoms with Crippen molar-refractivity contribution < 1.29 is 4.79 Å². The summed E-state index contributed by atoms with van der Waals surface area (Å²) in [7, 11) is 4.30. The molecule has 1 aromatic rings. The number of carbonyl (C=O) groups is 1. The quantitative estimate of drug-likeness (QED) is 0.845. The van der Waals surface area contributed by atoms with Crippen LogP contribution >= 0.6 is 0 Å². The Kier molecular flexibility index (Phi) is 3.05. The smallest absolute Gasteiger partial charge is 0.276 e. The first-order chi connectivity index (χ1) is 9.08. The maximum Gasteiger partial charge on any atom is 0.276 e. The van der Waals surface area contributed by atoms with Crippen molar-refractivity contribution in [3.8, 4) is 0 Å². The topological polar surface area (TPSA) is 65.1 Å². The molecule has 3 atom stereocenters. The van der Waals surface area contributed by atoms with E-state index in [1.165, 1.54) is 12.8 Å². The van der Waals surface area contributed by atoms with Crippen molar-refractivity contribution in [1.29, 1.82) is 0 Å². The first-order valence-corrected chi connectivity index (χ1v) is 6.91. The molecule has 2 aliphatic rings.